The van der Waals surface area contributed by atoms with Crippen LogP contribution in [0.3, 0.4) is 0 Å². The van der Waals surface area contributed by atoms with Gasteiger partial charge in [0, 0.05) is 11.6 Å². The van der Waals surface area contributed by atoms with Crippen LogP contribution in [-0.4, -0.2) is 22.0 Å². The van der Waals surface area contributed by atoms with Crippen LogP contribution in [0.1, 0.15) is 0 Å². The fourth-order valence-electron chi connectivity index (χ4n) is 1.04. The minimum Gasteiger partial charge on any atom is -0.243 e. The van der Waals surface area contributed by atoms with E-state index in [1.54, 1.807) is 0 Å². The summed E-state index contributed by atoms with van der Waals surface area (Å²) in [7, 11) is 5.59. The molecule has 0 spiro atoms. The normalized spacial score (nSPS) is 10.9. The molecule has 2 heterocycles. The highest BCUT2D eigenvalue weighted by Gasteiger charge is 2.10. The van der Waals surface area contributed by atoms with E-state index in [9.17, 15) is 3.89 Å². The number of rotatable bonds is 1. The van der Waals surface area contributed by atoms with Crippen LogP contribution in [0.15, 0.2) is 12.4 Å². The average molecular weight is 213 g/mol. The van der Waals surface area contributed by atoms with Gasteiger partial charge in [-0.15, -0.1) is 3.89 Å². The Labute approximate surface area is 84.1 Å². The number of hydrogen-bond acceptors (Lipinski definition) is 3. The average Bonchev–Trinajstić information content (AvgIpc) is 2.56. The molecular formula is C6H2BClFN3S. The standard InChI is InChI=1S/C6H2BClFN3S/c7-4-2-10-6(8)5-3(4)1-11-12(5)13-9/h1-2H. The topological polar surface area (TPSA) is 30.7 Å². The zero-order chi connectivity index (χ0) is 9.42. The first-order chi connectivity index (χ1) is 6.24. The highest BCUT2D eigenvalue weighted by molar-refractivity contribution is 7.92. The van der Waals surface area contributed by atoms with Crippen molar-refractivity contribution in [2.75, 3.05) is 0 Å². The van der Waals surface area contributed by atoms with Crippen LogP contribution in [0.5, 0.6) is 0 Å². The fourth-order valence-corrected chi connectivity index (χ4v) is 1.66. The number of pyridine rings is 1. The van der Waals surface area contributed by atoms with Crippen molar-refractivity contribution in [3.05, 3.63) is 17.5 Å². The summed E-state index contributed by atoms with van der Waals surface area (Å²) < 4.78 is 13.3. The van der Waals surface area contributed by atoms with Crippen molar-refractivity contribution in [2.45, 2.75) is 0 Å². The lowest BCUT2D eigenvalue weighted by Crippen LogP contribution is -2.04. The number of nitrogens with zero attached hydrogens (tertiary/aromatic N) is 3. The van der Waals surface area contributed by atoms with E-state index < -0.39 is 0 Å². The molecule has 0 unspecified atom stereocenters. The summed E-state index contributed by atoms with van der Waals surface area (Å²) in [5, 5.41) is 4.52. The van der Waals surface area contributed by atoms with Crippen LogP contribution < -0.4 is 5.46 Å². The summed E-state index contributed by atoms with van der Waals surface area (Å²) in [6, 6.07) is 0. The Hall–Kier alpha value is -0.745. The van der Waals surface area contributed by atoms with Crippen LogP contribution in [0, 0.1) is 0 Å². The Morgan fingerprint density at radius 3 is 3.00 bits per heavy atom. The molecule has 0 atom stereocenters. The quantitative estimate of drug-likeness (QED) is 0.528. The second-order valence-electron chi connectivity index (χ2n) is 2.35. The summed E-state index contributed by atoms with van der Waals surface area (Å²) >= 11 is 5.70. The van der Waals surface area contributed by atoms with Crippen molar-refractivity contribution in [3.8, 4) is 0 Å². The van der Waals surface area contributed by atoms with Crippen molar-refractivity contribution >= 4 is 48.1 Å². The lowest BCUT2D eigenvalue weighted by Gasteiger charge is -1.98. The minimum atomic E-state index is -0.0466. The number of hydrogen-bond donors (Lipinski definition) is 0. The van der Waals surface area contributed by atoms with E-state index >= 15 is 0 Å². The number of halogens is 2. The SMILES string of the molecule is [B]c1cnc(Cl)c2c1cnn2SF. The van der Waals surface area contributed by atoms with Gasteiger partial charge in [0.25, 0.3) is 0 Å². The molecule has 64 valence electrons. The Morgan fingerprint density at radius 2 is 2.31 bits per heavy atom. The number of aromatic nitrogens is 3. The Kier molecular flexibility index (Phi) is 2.17. The minimum absolute atomic E-state index is 0.0466. The van der Waals surface area contributed by atoms with Crippen molar-refractivity contribution in [2.24, 2.45) is 0 Å². The van der Waals surface area contributed by atoms with Gasteiger partial charge in [0.1, 0.15) is 13.4 Å². The maximum absolute atomic E-state index is 12.3. The van der Waals surface area contributed by atoms with Gasteiger partial charge >= 0.3 is 0 Å². The molecule has 0 fully saturated rings. The van der Waals surface area contributed by atoms with E-state index in [1.165, 1.54) is 12.4 Å². The van der Waals surface area contributed by atoms with E-state index in [0.717, 1.165) is 4.09 Å². The lowest BCUT2D eigenvalue weighted by molar-refractivity contribution is 0.888. The first-order valence-corrected chi connectivity index (χ1v) is 4.36. The second kappa shape index (κ2) is 3.19. The van der Waals surface area contributed by atoms with Crippen LogP contribution >= 0.6 is 23.9 Å². The van der Waals surface area contributed by atoms with Gasteiger partial charge in [-0.2, -0.15) is 9.19 Å². The molecule has 2 radical (unpaired) electrons. The molecule has 2 aromatic heterocycles. The first kappa shape index (κ1) is 8.84. The zero-order valence-electron chi connectivity index (χ0n) is 6.24. The molecule has 0 aliphatic heterocycles. The van der Waals surface area contributed by atoms with Crippen molar-refractivity contribution in [1.29, 1.82) is 0 Å². The van der Waals surface area contributed by atoms with E-state index in [1.807, 2.05) is 0 Å². The predicted molar refractivity (Wildman–Crippen MR) is 52.0 cm³/mol. The molecule has 0 aliphatic carbocycles. The van der Waals surface area contributed by atoms with Gasteiger partial charge < -0.3 is 0 Å². The van der Waals surface area contributed by atoms with Crippen molar-refractivity contribution in [3.63, 3.8) is 0 Å². The van der Waals surface area contributed by atoms with E-state index in [0.29, 0.717) is 16.4 Å². The van der Waals surface area contributed by atoms with Gasteiger partial charge in [-0.25, -0.2) is 4.98 Å². The van der Waals surface area contributed by atoms with Gasteiger partial charge in [0.15, 0.2) is 17.5 Å². The monoisotopic (exact) mass is 213 g/mol. The predicted octanol–water partition coefficient (Wildman–Crippen LogP) is 1.26. The van der Waals surface area contributed by atoms with Gasteiger partial charge in [-0.05, 0) is 0 Å². The third kappa shape index (κ3) is 1.30. The molecule has 0 bridgehead atoms. The maximum Gasteiger partial charge on any atom is 0.188 e. The Balaban J connectivity index is 2.87. The van der Waals surface area contributed by atoms with E-state index in [4.69, 9.17) is 19.4 Å². The smallest absolute Gasteiger partial charge is 0.188 e. The molecule has 0 amide bonds. The molecule has 7 heteroatoms. The van der Waals surface area contributed by atoms with Gasteiger partial charge in [-0.3, -0.25) is 0 Å². The Bertz CT molecular complexity index is 460. The molecule has 0 saturated carbocycles. The summed E-state index contributed by atoms with van der Waals surface area (Å²) in [5.41, 5.74) is 0.828. The van der Waals surface area contributed by atoms with Crippen molar-refractivity contribution < 1.29 is 3.89 Å². The molecular weight excluding hydrogens is 211 g/mol. The third-order valence-corrected chi connectivity index (χ3v) is 2.31. The second-order valence-corrected chi connectivity index (χ2v) is 3.20. The summed E-state index contributed by atoms with van der Waals surface area (Å²) in [5.74, 6) is 0. The molecule has 3 nitrogen and oxygen atoms in total. The van der Waals surface area contributed by atoms with Gasteiger partial charge in [0.05, 0.1) is 6.20 Å². The first-order valence-electron chi connectivity index (χ1n) is 3.31. The summed E-state index contributed by atoms with van der Waals surface area (Å²) in [4.78, 5) is 3.79. The Morgan fingerprint density at radius 1 is 1.54 bits per heavy atom. The van der Waals surface area contributed by atoms with Crippen LogP contribution in [0.2, 0.25) is 5.15 Å². The molecule has 0 aromatic carbocycles. The highest BCUT2D eigenvalue weighted by Crippen LogP contribution is 2.22. The maximum atomic E-state index is 12.3. The molecule has 13 heavy (non-hydrogen) atoms. The van der Waals surface area contributed by atoms with Crippen molar-refractivity contribution in [1.82, 2.24) is 14.2 Å². The van der Waals surface area contributed by atoms with Gasteiger partial charge in [0.2, 0.25) is 0 Å². The zero-order valence-corrected chi connectivity index (χ0v) is 7.81. The molecule has 2 rings (SSSR count). The molecule has 0 saturated heterocycles. The third-order valence-electron chi connectivity index (χ3n) is 1.63. The summed E-state index contributed by atoms with van der Waals surface area (Å²) in [6.45, 7) is 0. The van der Waals surface area contributed by atoms with Crippen LogP contribution in [-0.2, 0) is 0 Å². The summed E-state index contributed by atoms with van der Waals surface area (Å²) in [6.07, 6.45) is 2.87. The van der Waals surface area contributed by atoms with Crippen LogP contribution in [0.25, 0.3) is 10.9 Å². The van der Waals surface area contributed by atoms with Crippen LogP contribution in [0.4, 0.5) is 3.89 Å². The molecule has 0 aliphatic rings. The fraction of sp³-hybridized carbons (Fsp3) is 0. The van der Waals surface area contributed by atoms with E-state index in [2.05, 4.69) is 10.1 Å². The van der Waals surface area contributed by atoms with E-state index in [-0.39, 0.29) is 17.5 Å². The van der Waals surface area contributed by atoms with Gasteiger partial charge in [-0.1, -0.05) is 17.1 Å². The molecule has 0 N–H and O–H groups in total. The highest BCUT2D eigenvalue weighted by atomic mass is 35.5. The number of fused-ring (bicyclic) bond motifs is 1. The lowest BCUT2D eigenvalue weighted by atomic mass is 9.95. The molecule has 2 aromatic rings. The largest absolute Gasteiger partial charge is 0.243 e.